The number of hydrogen-bond acceptors (Lipinski definition) is 9. The Bertz CT molecular complexity index is 1120. The molecule has 0 aliphatic carbocycles. The third-order valence-electron chi connectivity index (χ3n) is 5.02. The molecule has 3 aromatic rings. The first-order valence-corrected chi connectivity index (χ1v) is 9.16. The highest BCUT2D eigenvalue weighted by Crippen LogP contribution is 2.37. The van der Waals surface area contributed by atoms with Crippen LogP contribution < -0.4 is 14.9 Å². The number of aromatic hydroxyl groups is 1. The Hall–Kier alpha value is -3.11. The average molecular weight is 416 g/mol. The number of aliphatic hydroxyl groups is 3. The first-order chi connectivity index (χ1) is 14.5. The minimum Gasteiger partial charge on any atom is -0.502 e. The Balaban J connectivity index is 1.72. The molecule has 1 aromatic heterocycles. The molecule has 9 nitrogen and oxygen atoms in total. The van der Waals surface area contributed by atoms with Crippen LogP contribution in [0.4, 0.5) is 0 Å². The van der Waals surface area contributed by atoms with E-state index < -0.39 is 37.0 Å². The predicted molar refractivity (Wildman–Crippen MR) is 105 cm³/mol. The van der Waals surface area contributed by atoms with Crippen molar-refractivity contribution in [1.29, 1.82) is 0 Å². The molecule has 2 heterocycles. The van der Waals surface area contributed by atoms with Crippen LogP contribution in [-0.4, -0.2) is 58.7 Å². The fraction of sp³-hybridized carbons (Fsp3) is 0.286. The molecule has 0 bridgehead atoms. The lowest BCUT2D eigenvalue weighted by molar-refractivity contribution is -0.117. The van der Waals surface area contributed by atoms with Crippen LogP contribution in [0.15, 0.2) is 51.9 Å². The van der Waals surface area contributed by atoms with Crippen LogP contribution in [0.5, 0.6) is 17.2 Å². The summed E-state index contributed by atoms with van der Waals surface area (Å²) in [6, 6.07) is 9.71. The lowest BCUT2D eigenvalue weighted by Crippen LogP contribution is -2.35. The zero-order valence-corrected chi connectivity index (χ0v) is 15.9. The van der Waals surface area contributed by atoms with Gasteiger partial charge >= 0.3 is 0 Å². The van der Waals surface area contributed by atoms with Gasteiger partial charge in [-0.25, -0.2) is 0 Å². The van der Waals surface area contributed by atoms with E-state index in [0.717, 1.165) is 0 Å². The highest BCUT2D eigenvalue weighted by atomic mass is 16.7. The van der Waals surface area contributed by atoms with Gasteiger partial charge in [-0.15, -0.1) is 0 Å². The van der Waals surface area contributed by atoms with Crippen molar-refractivity contribution < 1.29 is 39.1 Å². The molecule has 158 valence electrons. The second-order valence-corrected chi connectivity index (χ2v) is 6.79. The maximum absolute atomic E-state index is 13.0. The molecular formula is C21H20O9. The Morgan fingerprint density at radius 2 is 1.80 bits per heavy atom. The van der Waals surface area contributed by atoms with Crippen molar-refractivity contribution in [3.63, 3.8) is 0 Å². The van der Waals surface area contributed by atoms with Gasteiger partial charge in [0.15, 0.2) is 11.3 Å². The van der Waals surface area contributed by atoms with E-state index in [9.17, 15) is 20.1 Å². The minimum absolute atomic E-state index is 0.108. The molecule has 2 aromatic carbocycles. The number of phenols is 1. The van der Waals surface area contributed by atoms with Crippen LogP contribution in [0.3, 0.4) is 0 Å². The van der Waals surface area contributed by atoms with Crippen LogP contribution in [0.2, 0.25) is 0 Å². The number of hydrogen-bond donors (Lipinski definition) is 4. The van der Waals surface area contributed by atoms with E-state index in [2.05, 4.69) is 0 Å². The smallest absolute Gasteiger partial charge is 0.229 e. The number of para-hydroxylation sites is 1. The number of phenolic OH excluding ortho intramolecular Hbond substituents is 1. The van der Waals surface area contributed by atoms with E-state index in [0.29, 0.717) is 11.3 Å². The number of methoxy groups -OCH3 is 1. The number of ether oxygens (including phenoxy) is 3. The van der Waals surface area contributed by atoms with Crippen molar-refractivity contribution in [2.24, 2.45) is 0 Å². The van der Waals surface area contributed by atoms with Crippen LogP contribution in [-0.2, 0) is 4.74 Å². The standard InChI is InChI=1S/C21H20O9/c1-27-13-5-3-2-4-10(13)12-9-28-20-11(16(12)23)6-7-14(18(20)25)29-21-19(26)17(24)15(8-22)30-21/h2-7,9,15,17,19,21-22,24-26H,8H2,1H3/t15-,17-,19+,21+/m1/s1. The van der Waals surface area contributed by atoms with Gasteiger partial charge in [0.05, 0.1) is 24.7 Å². The maximum Gasteiger partial charge on any atom is 0.229 e. The molecule has 4 atom stereocenters. The third-order valence-corrected chi connectivity index (χ3v) is 5.02. The van der Waals surface area contributed by atoms with Crippen molar-refractivity contribution in [2.45, 2.75) is 24.6 Å². The molecule has 0 radical (unpaired) electrons. The van der Waals surface area contributed by atoms with Gasteiger partial charge in [0.2, 0.25) is 17.5 Å². The van der Waals surface area contributed by atoms with Crippen LogP contribution in [0, 0.1) is 0 Å². The van der Waals surface area contributed by atoms with Crippen molar-refractivity contribution in [1.82, 2.24) is 0 Å². The van der Waals surface area contributed by atoms with Crippen molar-refractivity contribution in [2.75, 3.05) is 13.7 Å². The van der Waals surface area contributed by atoms with Gasteiger partial charge in [-0.05, 0) is 18.2 Å². The van der Waals surface area contributed by atoms with E-state index in [1.807, 2.05) is 0 Å². The molecule has 1 fully saturated rings. The van der Waals surface area contributed by atoms with E-state index in [1.165, 1.54) is 25.5 Å². The number of aliphatic hydroxyl groups excluding tert-OH is 3. The van der Waals surface area contributed by atoms with Gasteiger partial charge in [-0.2, -0.15) is 0 Å². The van der Waals surface area contributed by atoms with Crippen molar-refractivity contribution in [3.8, 4) is 28.4 Å². The predicted octanol–water partition coefficient (Wildman–Crippen LogP) is 0.992. The molecular weight excluding hydrogens is 396 g/mol. The topological polar surface area (TPSA) is 139 Å². The summed E-state index contributed by atoms with van der Waals surface area (Å²) in [5, 5.41) is 39.6. The molecule has 4 rings (SSSR count). The second-order valence-electron chi connectivity index (χ2n) is 6.79. The molecule has 9 heteroatoms. The zero-order chi connectivity index (χ0) is 21.4. The Morgan fingerprint density at radius 3 is 2.50 bits per heavy atom. The number of rotatable bonds is 5. The van der Waals surface area contributed by atoms with Gasteiger partial charge < -0.3 is 39.1 Å². The molecule has 30 heavy (non-hydrogen) atoms. The molecule has 4 N–H and O–H groups in total. The molecule has 1 aliphatic rings. The molecule has 1 saturated heterocycles. The summed E-state index contributed by atoms with van der Waals surface area (Å²) in [5.74, 6) is -0.0860. The number of benzene rings is 2. The summed E-state index contributed by atoms with van der Waals surface area (Å²) < 4.78 is 21.5. The first-order valence-electron chi connectivity index (χ1n) is 9.16. The number of fused-ring (bicyclic) bond motifs is 1. The highest BCUT2D eigenvalue weighted by Gasteiger charge is 2.44. The Labute approximate surface area is 170 Å². The van der Waals surface area contributed by atoms with E-state index in [-0.39, 0.29) is 27.7 Å². The Kier molecular flexibility index (Phi) is 5.35. The third kappa shape index (κ3) is 3.27. The normalized spacial score (nSPS) is 23.6. The maximum atomic E-state index is 13.0. The van der Waals surface area contributed by atoms with Gasteiger partial charge in [0, 0.05) is 5.56 Å². The van der Waals surface area contributed by atoms with Crippen LogP contribution in [0.25, 0.3) is 22.1 Å². The first kappa shape index (κ1) is 20.2. The molecule has 1 aliphatic heterocycles. The zero-order valence-electron chi connectivity index (χ0n) is 15.9. The van der Waals surface area contributed by atoms with E-state index in [4.69, 9.17) is 23.7 Å². The lowest BCUT2D eigenvalue weighted by Gasteiger charge is -2.18. The summed E-state index contributed by atoms with van der Waals surface area (Å²) in [6.45, 7) is -0.512. The monoisotopic (exact) mass is 416 g/mol. The summed E-state index contributed by atoms with van der Waals surface area (Å²) in [7, 11) is 1.49. The second kappa shape index (κ2) is 7.96. The summed E-state index contributed by atoms with van der Waals surface area (Å²) >= 11 is 0. The van der Waals surface area contributed by atoms with Gasteiger partial charge in [-0.1, -0.05) is 18.2 Å². The average Bonchev–Trinajstić information content (AvgIpc) is 3.04. The largest absolute Gasteiger partial charge is 0.502 e. The molecule has 0 spiro atoms. The van der Waals surface area contributed by atoms with Gasteiger partial charge in [-0.3, -0.25) is 4.79 Å². The fourth-order valence-electron chi connectivity index (χ4n) is 3.40. The quantitative estimate of drug-likeness (QED) is 0.479. The fourth-order valence-corrected chi connectivity index (χ4v) is 3.40. The van der Waals surface area contributed by atoms with Crippen molar-refractivity contribution >= 4 is 11.0 Å². The van der Waals surface area contributed by atoms with Gasteiger partial charge in [0.1, 0.15) is 30.3 Å². The highest BCUT2D eigenvalue weighted by molar-refractivity contribution is 5.88. The molecule has 0 unspecified atom stereocenters. The summed E-state index contributed by atoms with van der Waals surface area (Å²) in [6.07, 6.45) is -3.89. The lowest BCUT2D eigenvalue weighted by atomic mass is 10.0. The molecule has 0 amide bonds. The SMILES string of the molecule is COc1ccccc1-c1coc2c(O)c(O[C@H]3O[C@H](CO)[C@@H](O)[C@@H]3O)ccc2c1=O. The molecule has 0 saturated carbocycles. The van der Waals surface area contributed by atoms with Gasteiger partial charge in [0.25, 0.3) is 0 Å². The van der Waals surface area contributed by atoms with Crippen LogP contribution >= 0.6 is 0 Å². The van der Waals surface area contributed by atoms with E-state index >= 15 is 0 Å². The summed E-state index contributed by atoms with van der Waals surface area (Å²) in [5.41, 5.74) is 0.317. The van der Waals surface area contributed by atoms with E-state index in [1.54, 1.807) is 24.3 Å². The minimum atomic E-state index is -1.43. The summed E-state index contributed by atoms with van der Waals surface area (Å²) in [4.78, 5) is 13.0. The van der Waals surface area contributed by atoms with Crippen LogP contribution in [0.1, 0.15) is 0 Å². The van der Waals surface area contributed by atoms with Crippen molar-refractivity contribution in [3.05, 3.63) is 52.9 Å². The Morgan fingerprint density at radius 1 is 1.03 bits per heavy atom.